The second-order valence-corrected chi connectivity index (χ2v) is 13.0. The van der Waals surface area contributed by atoms with Crippen LogP contribution in [0, 0.1) is 6.92 Å². The molecule has 0 aliphatic heterocycles. The van der Waals surface area contributed by atoms with E-state index in [1.165, 1.54) is 79.8 Å². The molecule has 202 valence electrons. The van der Waals surface area contributed by atoms with Gasteiger partial charge in [-0.05, 0) is 97.4 Å². The van der Waals surface area contributed by atoms with Crippen molar-refractivity contribution < 1.29 is 21.6 Å². The largest absolute Gasteiger partial charge is 0.322 e. The standard InChI is InChI=1S/C27H23Cl2N3O5S2/c1-18-25(29)4-3-5-26(18)31-38(34,35)23-16-10-21(11-17-23)30-27(33)19-6-12-22(13-7-19)32(2)39(36,37)24-14-8-20(28)9-15-24/h3-17,31H,1-2H3,(H,30,33). The summed E-state index contributed by atoms with van der Waals surface area (Å²) < 4.78 is 55.0. The molecule has 4 aromatic rings. The summed E-state index contributed by atoms with van der Waals surface area (Å²) in [6.07, 6.45) is 0. The molecule has 0 spiro atoms. The van der Waals surface area contributed by atoms with Crippen LogP contribution in [0.25, 0.3) is 0 Å². The summed E-state index contributed by atoms with van der Waals surface area (Å²) in [6.45, 7) is 1.71. The number of nitrogens with zero attached hydrogens (tertiary/aromatic N) is 1. The van der Waals surface area contributed by atoms with Gasteiger partial charge in [0.2, 0.25) is 0 Å². The maximum absolute atomic E-state index is 12.9. The molecule has 0 aromatic heterocycles. The predicted molar refractivity (Wildman–Crippen MR) is 155 cm³/mol. The molecule has 0 saturated carbocycles. The number of carbonyl (C=O) groups is 1. The van der Waals surface area contributed by atoms with Crippen LogP contribution in [0.4, 0.5) is 17.1 Å². The Labute approximate surface area is 237 Å². The van der Waals surface area contributed by atoms with Crippen LogP contribution in [-0.2, 0) is 20.0 Å². The predicted octanol–water partition coefficient (Wildman–Crippen LogP) is 6.18. The molecule has 4 rings (SSSR count). The molecule has 0 aliphatic carbocycles. The number of nitrogens with one attached hydrogen (secondary N) is 2. The van der Waals surface area contributed by atoms with Crippen LogP contribution in [0.2, 0.25) is 10.0 Å². The highest BCUT2D eigenvalue weighted by atomic mass is 35.5. The van der Waals surface area contributed by atoms with Crippen LogP contribution in [0.1, 0.15) is 15.9 Å². The van der Waals surface area contributed by atoms with E-state index in [4.69, 9.17) is 23.2 Å². The third-order valence-electron chi connectivity index (χ3n) is 5.90. The second kappa shape index (κ2) is 11.3. The molecule has 0 aliphatic rings. The van der Waals surface area contributed by atoms with Crippen molar-refractivity contribution in [2.75, 3.05) is 21.4 Å². The number of benzene rings is 4. The van der Waals surface area contributed by atoms with Crippen molar-refractivity contribution in [3.63, 3.8) is 0 Å². The molecule has 0 atom stereocenters. The van der Waals surface area contributed by atoms with Crippen LogP contribution in [0.5, 0.6) is 0 Å². The molecule has 12 heteroatoms. The normalized spacial score (nSPS) is 11.6. The van der Waals surface area contributed by atoms with Crippen LogP contribution in [0.15, 0.2) is 101 Å². The van der Waals surface area contributed by atoms with E-state index >= 15 is 0 Å². The Hall–Kier alpha value is -3.57. The number of amides is 1. The zero-order valence-electron chi connectivity index (χ0n) is 20.7. The first-order valence-electron chi connectivity index (χ1n) is 11.4. The number of carbonyl (C=O) groups excluding carboxylic acids is 1. The lowest BCUT2D eigenvalue weighted by Gasteiger charge is -2.20. The van der Waals surface area contributed by atoms with Crippen molar-refractivity contribution in [2.24, 2.45) is 0 Å². The van der Waals surface area contributed by atoms with Gasteiger partial charge in [0.25, 0.3) is 26.0 Å². The SMILES string of the molecule is Cc1c(Cl)cccc1NS(=O)(=O)c1ccc(NC(=O)c2ccc(N(C)S(=O)(=O)c3ccc(Cl)cc3)cc2)cc1. The second-order valence-electron chi connectivity index (χ2n) is 8.47. The van der Waals surface area contributed by atoms with Gasteiger partial charge in [-0.2, -0.15) is 0 Å². The van der Waals surface area contributed by atoms with E-state index in [2.05, 4.69) is 10.0 Å². The minimum atomic E-state index is -3.88. The van der Waals surface area contributed by atoms with Crippen LogP contribution >= 0.6 is 23.2 Å². The van der Waals surface area contributed by atoms with E-state index in [9.17, 15) is 21.6 Å². The molecular formula is C27H23Cl2N3O5S2. The van der Waals surface area contributed by atoms with Gasteiger partial charge in [-0.3, -0.25) is 13.8 Å². The fraction of sp³-hybridized carbons (Fsp3) is 0.0741. The van der Waals surface area contributed by atoms with E-state index in [0.717, 1.165) is 4.31 Å². The Morgan fingerprint density at radius 1 is 0.769 bits per heavy atom. The molecule has 1 amide bonds. The van der Waals surface area contributed by atoms with Crippen molar-refractivity contribution >= 4 is 66.2 Å². The minimum Gasteiger partial charge on any atom is -0.322 e. The average Bonchev–Trinajstić information content (AvgIpc) is 2.91. The topological polar surface area (TPSA) is 113 Å². The first kappa shape index (κ1) is 28.4. The van der Waals surface area contributed by atoms with Crippen LogP contribution in [0.3, 0.4) is 0 Å². The molecule has 0 unspecified atom stereocenters. The highest BCUT2D eigenvalue weighted by Crippen LogP contribution is 2.27. The van der Waals surface area contributed by atoms with Gasteiger partial charge in [0, 0.05) is 28.3 Å². The minimum absolute atomic E-state index is 0.00848. The van der Waals surface area contributed by atoms with E-state index in [1.54, 1.807) is 25.1 Å². The van der Waals surface area contributed by atoms with Gasteiger partial charge in [0.15, 0.2) is 0 Å². The quantitative estimate of drug-likeness (QED) is 0.250. The van der Waals surface area contributed by atoms with Crippen LogP contribution < -0.4 is 14.3 Å². The van der Waals surface area contributed by atoms with E-state index in [1.807, 2.05) is 0 Å². The fourth-order valence-electron chi connectivity index (χ4n) is 3.57. The van der Waals surface area contributed by atoms with Gasteiger partial charge in [-0.1, -0.05) is 29.3 Å². The van der Waals surface area contributed by atoms with Crippen molar-refractivity contribution in [1.82, 2.24) is 0 Å². The number of hydrogen-bond donors (Lipinski definition) is 2. The molecule has 0 bridgehead atoms. The van der Waals surface area contributed by atoms with Crippen molar-refractivity contribution in [1.29, 1.82) is 0 Å². The molecule has 4 aromatic carbocycles. The number of rotatable bonds is 8. The third-order valence-corrected chi connectivity index (χ3v) is 9.74. The highest BCUT2D eigenvalue weighted by molar-refractivity contribution is 7.93. The maximum Gasteiger partial charge on any atom is 0.264 e. The van der Waals surface area contributed by atoms with E-state index in [0.29, 0.717) is 32.7 Å². The first-order valence-corrected chi connectivity index (χ1v) is 15.1. The number of halogens is 2. The Morgan fingerprint density at radius 3 is 1.97 bits per heavy atom. The summed E-state index contributed by atoms with van der Waals surface area (Å²) in [4.78, 5) is 12.8. The van der Waals surface area contributed by atoms with Gasteiger partial charge >= 0.3 is 0 Å². The monoisotopic (exact) mass is 603 g/mol. The van der Waals surface area contributed by atoms with Gasteiger partial charge < -0.3 is 5.32 Å². The van der Waals surface area contributed by atoms with E-state index < -0.39 is 26.0 Å². The summed E-state index contributed by atoms with van der Waals surface area (Å²) in [7, 11) is -6.28. The summed E-state index contributed by atoms with van der Waals surface area (Å²) in [5, 5.41) is 3.56. The fourth-order valence-corrected chi connectivity index (χ4v) is 6.19. The van der Waals surface area contributed by atoms with Gasteiger partial charge in [-0.25, -0.2) is 16.8 Å². The summed E-state index contributed by atoms with van der Waals surface area (Å²) in [5.41, 5.74) is 2.00. The van der Waals surface area contributed by atoms with Crippen molar-refractivity contribution in [3.05, 3.63) is 112 Å². The summed E-state index contributed by atoms with van der Waals surface area (Å²) >= 11 is 11.9. The Morgan fingerprint density at radius 2 is 1.36 bits per heavy atom. The third kappa shape index (κ3) is 6.36. The highest BCUT2D eigenvalue weighted by Gasteiger charge is 2.22. The molecule has 2 N–H and O–H groups in total. The zero-order chi connectivity index (χ0) is 28.4. The Kier molecular flexibility index (Phi) is 8.22. The van der Waals surface area contributed by atoms with Crippen molar-refractivity contribution in [3.8, 4) is 0 Å². The first-order chi connectivity index (χ1) is 18.4. The lowest BCUT2D eigenvalue weighted by Crippen LogP contribution is -2.26. The smallest absolute Gasteiger partial charge is 0.264 e. The van der Waals surface area contributed by atoms with Gasteiger partial charge in [0.1, 0.15) is 0 Å². The number of hydrogen-bond acceptors (Lipinski definition) is 5. The van der Waals surface area contributed by atoms with Gasteiger partial charge in [-0.15, -0.1) is 0 Å². The number of anilines is 3. The Balaban J connectivity index is 1.43. The average molecular weight is 605 g/mol. The number of sulfonamides is 2. The molecule has 0 fully saturated rings. The summed E-state index contributed by atoms with van der Waals surface area (Å²) in [5.74, 6) is -0.451. The molecule has 0 saturated heterocycles. The Bertz CT molecular complexity index is 1730. The molecule has 0 radical (unpaired) electrons. The molecule has 8 nitrogen and oxygen atoms in total. The molecule has 0 heterocycles. The van der Waals surface area contributed by atoms with Crippen molar-refractivity contribution in [2.45, 2.75) is 16.7 Å². The zero-order valence-corrected chi connectivity index (χ0v) is 23.9. The molecular weight excluding hydrogens is 581 g/mol. The van der Waals surface area contributed by atoms with Crippen LogP contribution in [-0.4, -0.2) is 29.8 Å². The lowest BCUT2D eigenvalue weighted by atomic mass is 10.2. The van der Waals surface area contributed by atoms with Gasteiger partial charge in [0.05, 0.1) is 21.2 Å². The molecule has 39 heavy (non-hydrogen) atoms. The summed E-state index contributed by atoms with van der Waals surface area (Å²) in [6, 6.07) is 22.5. The maximum atomic E-state index is 12.9. The lowest BCUT2D eigenvalue weighted by molar-refractivity contribution is 0.102. The van der Waals surface area contributed by atoms with E-state index in [-0.39, 0.29) is 15.4 Å².